The first-order valence-electron chi connectivity index (χ1n) is 9.10. The first kappa shape index (κ1) is 22.8. The Bertz CT molecular complexity index is 867. The number of carbonyl (C=O) groups excluding carboxylic acids is 1. The molecule has 2 aromatic rings. The first-order valence-corrected chi connectivity index (χ1v) is 12.8. The predicted octanol–water partition coefficient (Wildman–Crippen LogP) is 5.54. The Balaban J connectivity index is 2.07. The molecule has 0 radical (unpaired) electrons. The van der Waals surface area contributed by atoms with E-state index in [9.17, 15) is 4.79 Å². The Morgan fingerprint density at radius 3 is 2.43 bits per heavy atom. The fourth-order valence-electron chi connectivity index (χ4n) is 2.21. The number of nitrogens with one attached hydrogen (secondary N) is 1. The van der Waals surface area contributed by atoms with Gasteiger partial charge in [-0.05, 0) is 48.8 Å². The fraction of sp³-hybridized carbons (Fsp3) is 0.450. The van der Waals surface area contributed by atoms with E-state index in [-0.39, 0.29) is 10.9 Å². The van der Waals surface area contributed by atoms with Crippen LogP contribution in [0.1, 0.15) is 48.3 Å². The number of aromatic nitrogens is 2. The summed E-state index contributed by atoms with van der Waals surface area (Å²) in [7, 11) is -1.90. The topological polar surface area (TPSA) is 64.1 Å². The van der Waals surface area contributed by atoms with Crippen molar-refractivity contribution in [2.75, 3.05) is 0 Å². The second kappa shape index (κ2) is 8.90. The lowest BCUT2D eigenvalue weighted by atomic mass is 10.2. The highest BCUT2D eigenvalue weighted by Gasteiger charge is 2.37. The molecular formula is C20H27Cl2N3O2Si. The largest absolute Gasteiger partial charge is 0.411 e. The van der Waals surface area contributed by atoms with Crippen LogP contribution < -0.4 is 5.32 Å². The van der Waals surface area contributed by atoms with Gasteiger partial charge in [0.2, 0.25) is 0 Å². The van der Waals surface area contributed by atoms with E-state index in [2.05, 4.69) is 49.1 Å². The van der Waals surface area contributed by atoms with E-state index in [1.54, 1.807) is 25.1 Å². The molecule has 1 aromatic carbocycles. The summed E-state index contributed by atoms with van der Waals surface area (Å²) in [5, 5.41) is 3.89. The normalized spacial score (nSPS) is 12.1. The zero-order valence-electron chi connectivity index (χ0n) is 17.2. The number of amides is 1. The highest BCUT2D eigenvalue weighted by atomic mass is 35.5. The van der Waals surface area contributed by atoms with E-state index < -0.39 is 8.32 Å². The summed E-state index contributed by atoms with van der Waals surface area (Å²) in [5.74, 6) is 0.265. The maximum absolute atomic E-state index is 12.5. The third kappa shape index (κ3) is 6.01. The third-order valence-electron chi connectivity index (χ3n) is 4.95. The van der Waals surface area contributed by atoms with Crippen LogP contribution in [0.2, 0.25) is 28.2 Å². The maximum atomic E-state index is 12.5. The van der Waals surface area contributed by atoms with Crippen molar-refractivity contribution in [1.82, 2.24) is 15.3 Å². The Morgan fingerprint density at radius 1 is 1.14 bits per heavy atom. The summed E-state index contributed by atoms with van der Waals surface area (Å²) in [6, 6.07) is 6.94. The first-order chi connectivity index (χ1) is 12.9. The van der Waals surface area contributed by atoms with E-state index in [0.29, 0.717) is 40.4 Å². The minimum absolute atomic E-state index is 0.106. The van der Waals surface area contributed by atoms with E-state index in [1.807, 2.05) is 6.07 Å². The third-order valence-corrected chi connectivity index (χ3v) is 10.2. The summed E-state index contributed by atoms with van der Waals surface area (Å²) in [6.07, 6.45) is 0. The number of rotatable bonds is 6. The molecule has 0 bridgehead atoms. The quantitative estimate of drug-likeness (QED) is 0.599. The molecule has 1 amide bonds. The van der Waals surface area contributed by atoms with Gasteiger partial charge in [-0.3, -0.25) is 4.79 Å². The van der Waals surface area contributed by atoms with Crippen LogP contribution in [-0.4, -0.2) is 24.2 Å². The van der Waals surface area contributed by atoms with Gasteiger partial charge in [-0.15, -0.1) is 0 Å². The molecule has 0 saturated carbocycles. The van der Waals surface area contributed by atoms with E-state index >= 15 is 0 Å². The van der Waals surface area contributed by atoms with Crippen LogP contribution in [0.15, 0.2) is 24.3 Å². The van der Waals surface area contributed by atoms with Crippen LogP contribution in [0.4, 0.5) is 0 Å². The van der Waals surface area contributed by atoms with Crippen LogP contribution in [-0.2, 0) is 17.6 Å². The highest BCUT2D eigenvalue weighted by molar-refractivity contribution is 6.74. The summed E-state index contributed by atoms with van der Waals surface area (Å²) in [4.78, 5) is 21.2. The van der Waals surface area contributed by atoms with Crippen molar-refractivity contribution in [3.05, 3.63) is 57.1 Å². The molecule has 1 heterocycles. The molecule has 2 rings (SSSR count). The van der Waals surface area contributed by atoms with Crippen molar-refractivity contribution in [1.29, 1.82) is 0 Å². The van der Waals surface area contributed by atoms with Gasteiger partial charge in [-0.1, -0.05) is 50.0 Å². The second-order valence-electron chi connectivity index (χ2n) is 8.27. The lowest BCUT2D eigenvalue weighted by molar-refractivity contribution is 0.0945. The van der Waals surface area contributed by atoms with Crippen LogP contribution in [0.25, 0.3) is 0 Å². The molecule has 0 atom stereocenters. The fourth-order valence-corrected chi connectivity index (χ4v) is 3.48. The molecule has 0 unspecified atom stereocenters. The van der Waals surface area contributed by atoms with Gasteiger partial charge in [0.25, 0.3) is 5.91 Å². The SMILES string of the molecule is Cc1nc(CO[Si](C)(C)C(C)(C)C)cc(C(=O)NCc2ccc(Cl)c(Cl)c2)n1. The second-order valence-corrected chi connectivity index (χ2v) is 13.9. The number of hydrogen-bond acceptors (Lipinski definition) is 4. The predicted molar refractivity (Wildman–Crippen MR) is 116 cm³/mol. The molecule has 1 aromatic heterocycles. The zero-order chi connectivity index (χ0) is 21.1. The summed E-state index contributed by atoms with van der Waals surface area (Å²) < 4.78 is 6.21. The highest BCUT2D eigenvalue weighted by Crippen LogP contribution is 2.37. The van der Waals surface area contributed by atoms with Crippen LogP contribution in [0.5, 0.6) is 0 Å². The average molecular weight is 440 g/mol. The number of carbonyl (C=O) groups is 1. The Labute approximate surface area is 178 Å². The lowest BCUT2D eigenvalue weighted by Gasteiger charge is -2.36. The van der Waals surface area contributed by atoms with Crippen LogP contribution in [0.3, 0.4) is 0 Å². The molecule has 1 N–H and O–H groups in total. The molecule has 0 spiro atoms. The Morgan fingerprint density at radius 2 is 1.82 bits per heavy atom. The van der Waals surface area contributed by atoms with Gasteiger partial charge in [0, 0.05) is 6.54 Å². The van der Waals surface area contributed by atoms with Gasteiger partial charge in [0.1, 0.15) is 11.5 Å². The molecule has 0 fully saturated rings. The molecule has 8 heteroatoms. The minimum Gasteiger partial charge on any atom is -0.411 e. The molecule has 28 heavy (non-hydrogen) atoms. The molecular weight excluding hydrogens is 413 g/mol. The monoisotopic (exact) mass is 439 g/mol. The number of hydrogen-bond donors (Lipinski definition) is 1. The molecule has 152 valence electrons. The average Bonchev–Trinajstić information content (AvgIpc) is 2.59. The molecule has 0 saturated heterocycles. The molecule has 0 aliphatic carbocycles. The summed E-state index contributed by atoms with van der Waals surface area (Å²) >= 11 is 11.9. The van der Waals surface area contributed by atoms with Gasteiger partial charge in [0.15, 0.2) is 8.32 Å². The Kier molecular flexibility index (Phi) is 7.25. The summed E-state index contributed by atoms with van der Waals surface area (Å²) in [5.41, 5.74) is 1.88. The summed E-state index contributed by atoms with van der Waals surface area (Å²) in [6.45, 7) is 13.4. The van der Waals surface area contributed by atoms with Gasteiger partial charge in [-0.25, -0.2) is 9.97 Å². The van der Waals surface area contributed by atoms with Crippen molar-refractivity contribution in [3.8, 4) is 0 Å². The van der Waals surface area contributed by atoms with Crippen molar-refractivity contribution in [2.45, 2.75) is 59.0 Å². The standard InChI is InChI=1S/C20H27Cl2N3O2Si/c1-13-24-15(12-27-28(5,6)20(2,3)4)10-18(25-13)19(26)23-11-14-7-8-16(21)17(22)9-14/h7-10H,11-12H2,1-6H3,(H,23,26). The molecule has 0 aliphatic heterocycles. The van der Waals surface area contributed by atoms with E-state index in [1.165, 1.54) is 0 Å². The Hall–Kier alpha value is -1.47. The van der Waals surface area contributed by atoms with Gasteiger partial charge < -0.3 is 9.74 Å². The van der Waals surface area contributed by atoms with Crippen LogP contribution >= 0.6 is 23.2 Å². The van der Waals surface area contributed by atoms with Crippen LogP contribution in [0, 0.1) is 6.92 Å². The van der Waals surface area contributed by atoms with Crippen molar-refractivity contribution < 1.29 is 9.22 Å². The number of aryl methyl sites for hydroxylation is 1. The minimum atomic E-state index is -1.90. The number of benzene rings is 1. The van der Waals surface area contributed by atoms with E-state index in [0.717, 1.165) is 5.56 Å². The lowest BCUT2D eigenvalue weighted by Crippen LogP contribution is -2.40. The zero-order valence-corrected chi connectivity index (χ0v) is 19.7. The smallest absolute Gasteiger partial charge is 0.270 e. The molecule has 5 nitrogen and oxygen atoms in total. The van der Waals surface area contributed by atoms with Crippen molar-refractivity contribution in [2.24, 2.45) is 0 Å². The maximum Gasteiger partial charge on any atom is 0.270 e. The van der Waals surface area contributed by atoms with Gasteiger partial charge >= 0.3 is 0 Å². The van der Waals surface area contributed by atoms with Gasteiger partial charge in [-0.2, -0.15) is 0 Å². The van der Waals surface area contributed by atoms with Gasteiger partial charge in [0.05, 0.1) is 22.3 Å². The number of nitrogens with zero attached hydrogens (tertiary/aromatic N) is 2. The molecule has 0 aliphatic rings. The van der Waals surface area contributed by atoms with Crippen molar-refractivity contribution >= 4 is 37.4 Å². The van der Waals surface area contributed by atoms with Crippen molar-refractivity contribution in [3.63, 3.8) is 0 Å². The number of halogens is 2. The van der Waals surface area contributed by atoms with E-state index in [4.69, 9.17) is 27.6 Å².